The monoisotopic (exact) mass is 298 g/mol. The first-order chi connectivity index (χ1) is 9.66. The summed E-state index contributed by atoms with van der Waals surface area (Å²) in [6.45, 7) is 5.49. The highest BCUT2D eigenvalue weighted by Gasteiger charge is 2.27. The lowest BCUT2D eigenvalue weighted by molar-refractivity contribution is -0.384. The number of halogens is 1. The second-order valence-corrected chi connectivity index (χ2v) is 5.83. The SMILES string of the molecule is CC(C)(C)C(CCO)NC(=O)c1cc([N+](=O)[O-])ccc1F. The summed E-state index contributed by atoms with van der Waals surface area (Å²) in [5.41, 5.74) is -1.07. The van der Waals surface area contributed by atoms with E-state index < -0.39 is 16.6 Å². The molecule has 0 bridgehead atoms. The number of amides is 1. The fraction of sp³-hybridized carbons (Fsp3) is 0.500. The molecule has 0 fully saturated rings. The summed E-state index contributed by atoms with van der Waals surface area (Å²) in [5.74, 6) is -1.56. The van der Waals surface area contributed by atoms with Crippen molar-refractivity contribution < 1.29 is 19.2 Å². The third-order valence-electron chi connectivity index (χ3n) is 3.17. The van der Waals surface area contributed by atoms with Crippen molar-refractivity contribution in [1.29, 1.82) is 0 Å². The van der Waals surface area contributed by atoms with Gasteiger partial charge in [0.25, 0.3) is 11.6 Å². The summed E-state index contributed by atoms with van der Waals surface area (Å²) >= 11 is 0. The average Bonchev–Trinajstić information content (AvgIpc) is 2.37. The van der Waals surface area contributed by atoms with Crippen LogP contribution in [0.25, 0.3) is 0 Å². The molecule has 0 aliphatic carbocycles. The minimum absolute atomic E-state index is 0.125. The molecule has 1 aromatic carbocycles. The molecule has 2 N–H and O–H groups in total. The lowest BCUT2D eigenvalue weighted by atomic mass is 9.84. The average molecular weight is 298 g/mol. The molecule has 0 aliphatic heterocycles. The molecule has 0 heterocycles. The molecule has 7 heteroatoms. The van der Waals surface area contributed by atoms with E-state index in [0.717, 1.165) is 18.2 Å². The number of hydrogen-bond donors (Lipinski definition) is 2. The van der Waals surface area contributed by atoms with E-state index in [4.69, 9.17) is 5.11 Å². The fourth-order valence-corrected chi connectivity index (χ4v) is 1.89. The maximum Gasteiger partial charge on any atom is 0.270 e. The third kappa shape index (κ3) is 4.49. The predicted octanol–water partition coefficient (Wildman–Crippen LogP) is 2.26. The van der Waals surface area contributed by atoms with Crippen LogP contribution in [0.2, 0.25) is 0 Å². The van der Waals surface area contributed by atoms with Crippen LogP contribution < -0.4 is 5.32 Å². The molecule has 0 radical (unpaired) electrons. The van der Waals surface area contributed by atoms with Crippen LogP contribution in [-0.4, -0.2) is 28.6 Å². The molecule has 1 atom stereocenters. The van der Waals surface area contributed by atoms with Gasteiger partial charge in [0.15, 0.2) is 0 Å². The molecule has 1 unspecified atom stereocenters. The van der Waals surface area contributed by atoms with Crippen LogP contribution in [-0.2, 0) is 0 Å². The van der Waals surface area contributed by atoms with E-state index in [1.54, 1.807) is 0 Å². The number of nitrogens with one attached hydrogen (secondary N) is 1. The zero-order chi connectivity index (χ0) is 16.2. The number of carbonyl (C=O) groups excluding carboxylic acids is 1. The second kappa shape index (κ2) is 6.62. The van der Waals surface area contributed by atoms with Crippen LogP contribution in [0.5, 0.6) is 0 Å². The molecule has 0 aromatic heterocycles. The number of nitro benzene ring substituents is 1. The van der Waals surface area contributed by atoms with Crippen molar-refractivity contribution >= 4 is 11.6 Å². The molecule has 1 rings (SSSR count). The Labute approximate surface area is 122 Å². The Kier molecular flexibility index (Phi) is 5.37. The Hall–Kier alpha value is -2.02. The largest absolute Gasteiger partial charge is 0.396 e. The molecule has 0 saturated heterocycles. The molecular formula is C14H19FN2O4. The van der Waals surface area contributed by atoms with Crippen LogP contribution in [0.15, 0.2) is 18.2 Å². The van der Waals surface area contributed by atoms with Crippen LogP contribution in [0.1, 0.15) is 37.6 Å². The highest BCUT2D eigenvalue weighted by atomic mass is 19.1. The van der Waals surface area contributed by atoms with Gasteiger partial charge >= 0.3 is 0 Å². The van der Waals surface area contributed by atoms with Crippen molar-refractivity contribution in [3.05, 3.63) is 39.7 Å². The molecule has 116 valence electrons. The highest BCUT2D eigenvalue weighted by molar-refractivity contribution is 5.95. The molecular weight excluding hydrogens is 279 g/mol. The van der Waals surface area contributed by atoms with Gasteiger partial charge in [-0.15, -0.1) is 0 Å². The van der Waals surface area contributed by atoms with Gasteiger partial charge in [0.2, 0.25) is 0 Å². The van der Waals surface area contributed by atoms with Gasteiger partial charge in [-0.3, -0.25) is 14.9 Å². The lowest BCUT2D eigenvalue weighted by Crippen LogP contribution is -2.44. The van der Waals surface area contributed by atoms with E-state index in [9.17, 15) is 19.3 Å². The number of hydrogen-bond acceptors (Lipinski definition) is 4. The molecule has 0 spiro atoms. The smallest absolute Gasteiger partial charge is 0.270 e. The van der Waals surface area contributed by atoms with Gasteiger partial charge in [-0.25, -0.2) is 4.39 Å². The summed E-state index contributed by atoms with van der Waals surface area (Å²) in [4.78, 5) is 22.1. The van der Waals surface area contributed by atoms with Crippen molar-refractivity contribution in [3.8, 4) is 0 Å². The van der Waals surface area contributed by atoms with Gasteiger partial charge in [-0.05, 0) is 17.9 Å². The Morgan fingerprint density at radius 2 is 2.10 bits per heavy atom. The van der Waals surface area contributed by atoms with Crippen molar-refractivity contribution in [3.63, 3.8) is 0 Å². The summed E-state index contributed by atoms with van der Waals surface area (Å²) in [7, 11) is 0. The van der Waals surface area contributed by atoms with Gasteiger partial charge in [0, 0.05) is 24.8 Å². The molecule has 0 aliphatic rings. The molecule has 1 aromatic rings. The van der Waals surface area contributed by atoms with Crippen molar-refractivity contribution in [1.82, 2.24) is 5.32 Å². The maximum atomic E-state index is 13.7. The Bertz CT molecular complexity index is 540. The third-order valence-corrected chi connectivity index (χ3v) is 3.17. The number of aliphatic hydroxyl groups is 1. The summed E-state index contributed by atoms with van der Waals surface area (Å²) in [6, 6.07) is 2.42. The zero-order valence-corrected chi connectivity index (χ0v) is 12.2. The zero-order valence-electron chi connectivity index (χ0n) is 12.2. The van der Waals surface area contributed by atoms with Crippen molar-refractivity contribution in [2.45, 2.75) is 33.2 Å². The van der Waals surface area contributed by atoms with E-state index in [2.05, 4.69) is 5.32 Å². The van der Waals surface area contributed by atoms with Gasteiger partial charge < -0.3 is 10.4 Å². The molecule has 21 heavy (non-hydrogen) atoms. The normalized spacial score (nSPS) is 12.8. The minimum atomic E-state index is -0.824. The first-order valence-electron chi connectivity index (χ1n) is 6.52. The summed E-state index contributed by atoms with van der Waals surface area (Å²) in [6.07, 6.45) is 0.311. The number of nitro groups is 1. The first-order valence-corrected chi connectivity index (χ1v) is 6.52. The van der Waals surface area contributed by atoms with Crippen LogP contribution >= 0.6 is 0 Å². The quantitative estimate of drug-likeness (QED) is 0.644. The van der Waals surface area contributed by atoms with Gasteiger partial charge in [-0.1, -0.05) is 20.8 Å². The number of non-ortho nitro benzene ring substituents is 1. The van der Waals surface area contributed by atoms with E-state index in [0.29, 0.717) is 6.42 Å². The van der Waals surface area contributed by atoms with Gasteiger partial charge in [0.05, 0.1) is 10.5 Å². The topological polar surface area (TPSA) is 92.5 Å². The molecule has 0 saturated carbocycles. The molecule has 1 amide bonds. The number of rotatable bonds is 5. The van der Waals surface area contributed by atoms with Crippen molar-refractivity contribution in [2.24, 2.45) is 5.41 Å². The Balaban J connectivity index is 3.02. The minimum Gasteiger partial charge on any atom is -0.396 e. The van der Waals surface area contributed by atoms with E-state index in [1.165, 1.54) is 0 Å². The van der Waals surface area contributed by atoms with E-state index in [1.807, 2.05) is 20.8 Å². The van der Waals surface area contributed by atoms with Crippen LogP contribution in [0.3, 0.4) is 0 Å². The number of nitrogens with zero attached hydrogens (tertiary/aromatic N) is 1. The standard InChI is InChI=1S/C14H19FN2O4/c1-14(2,3)12(6-7-18)16-13(19)10-8-9(17(20)21)4-5-11(10)15/h4-5,8,12,18H,6-7H2,1-3H3,(H,16,19). The van der Waals surface area contributed by atoms with Crippen molar-refractivity contribution in [2.75, 3.05) is 6.61 Å². The number of benzene rings is 1. The lowest BCUT2D eigenvalue weighted by Gasteiger charge is -2.31. The van der Waals surface area contributed by atoms with Gasteiger partial charge in [-0.2, -0.15) is 0 Å². The number of carbonyl (C=O) groups is 1. The Morgan fingerprint density at radius 3 is 2.57 bits per heavy atom. The van der Waals surface area contributed by atoms with Crippen LogP contribution in [0.4, 0.5) is 10.1 Å². The number of aliphatic hydroxyl groups excluding tert-OH is 1. The molecule has 6 nitrogen and oxygen atoms in total. The van der Waals surface area contributed by atoms with Gasteiger partial charge in [0.1, 0.15) is 5.82 Å². The van der Waals surface area contributed by atoms with E-state index >= 15 is 0 Å². The summed E-state index contributed by atoms with van der Waals surface area (Å²) in [5, 5.41) is 22.3. The maximum absolute atomic E-state index is 13.7. The van der Waals surface area contributed by atoms with Crippen LogP contribution in [0, 0.1) is 21.3 Å². The summed E-state index contributed by atoms with van der Waals surface area (Å²) < 4.78 is 13.7. The fourth-order valence-electron chi connectivity index (χ4n) is 1.89. The van der Waals surface area contributed by atoms with E-state index in [-0.39, 0.29) is 29.3 Å². The predicted molar refractivity (Wildman–Crippen MR) is 75.5 cm³/mol. The highest BCUT2D eigenvalue weighted by Crippen LogP contribution is 2.23. The first kappa shape index (κ1) is 17.0. The Morgan fingerprint density at radius 1 is 1.48 bits per heavy atom. The second-order valence-electron chi connectivity index (χ2n) is 5.83.